The normalized spacial score (nSPS) is 15.0. The summed E-state index contributed by atoms with van der Waals surface area (Å²) in [6.07, 6.45) is 3.57. The van der Waals surface area contributed by atoms with E-state index in [1.165, 1.54) is 0 Å². The van der Waals surface area contributed by atoms with Crippen molar-refractivity contribution in [3.8, 4) is 5.75 Å². The third-order valence-electron chi connectivity index (χ3n) is 4.45. The van der Waals surface area contributed by atoms with Gasteiger partial charge in [0.1, 0.15) is 11.4 Å². The Labute approximate surface area is 190 Å². The van der Waals surface area contributed by atoms with Crippen LogP contribution in [0.4, 0.5) is 5.95 Å². The molecule has 0 atom stereocenters. The number of hydrogen-bond donors (Lipinski definition) is 1. The van der Waals surface area contributed by atoms with E-state index in [9.17, 15) is 0 Å². The van der Waals surface area contributed by atoms with E-state index < -0.39 is 0 Å². The number of aliphatic imine (C=N–C) groups is 1. The lowest BCUT2D eigenvalue weighted by molar-refractivity contribution is 0.129. The molecule has 29 heavy (non-hydrogen) atoms. The molecular formula is C21H31IN6O. The van der Waals surface area contributed by atoms with Crippen LogP contribution in [0.2, 0.25) is 0 Å². The van der Waals surface area contributed by atoms with Gasteiger partial charge in [-0.3, -0.25) is 4.99 Å². The third-order valence-corrected chi connectivity index (χ3v) is 4.45. The number of benzene rings is 1. The van der Waals surface area contributed by atoms with Crippen LogP contribution in [0.15, 0.2) is 47.7 Å². The predicted molar refractivity (Wildman–Crippen MR) is 128 cm³/mol. The molecule has 0 aliphatic carbocycles. The average molecular weight is 510 g/mol. The summed E-state index contributed by atoms with van der Waals surface area (Å²) in [5.74, 6) is 2.60. The van der Waals surface area contributed by atoms with Crippen LogP contribution in [0.1, 0.15) is 26.3 Å². The Morgan fingerprint density at radius 1 is 1.07 bits per heavy atom. The summed E-state index contributed by atoms with van der Waals surface area (Å²) >= 11 is 0. The van der Waals surface area contributed by atoms with Gasteiger partial charge in [-0.2, -0.15) is 0 Å². The molecule has 158 valence electrons. The highest BCUT2D eigenvalue weighted by Crippen LogP contribution is 2.23. The van der Waals surface area contributed by atoms with E-state index in [0.717, 1.165) is 49.4 Å². The molecule has 1 aromatic carbocycles. The molecule has 2 aromatic rings. The maximum absolute atomic E-state index is 6.09. The molecule has 1 aliphatic rings. The minimum atomic E-state index is -0.229. The van der Waals surface area contributed by atoms with Crippen molar-refractivity contribution < 1.29 is 4.74 Å². The van der Waals surface area contributed by atoms with Crippen molar-refractivity contribution in [2.24, 2.45) is 4.99 Å². The average Bonchev–Trinajstić information content (AvgIpc) is 2.70. The third kappa shape index (κ3) is 6.73. The van der Waals surface area contributed by atoms with Crippen LogP contribution in [0.25, 0.3) is 0 Å². The number of halogens is 1. The summed E-state index contributed by atoms with van der Waals surface area (Å²) in [6, 6.07) is 9.99. The highest BCUT2D eigenvalue weighted by atomic mass is 127. The summed E-state index contributed by atoms with van der Waals surface area (Å²) in [7, 11) is 1.83. The van der Waals surface area contributed by atoms with Crippen molar-refractivity contribution >= 4 is 35.9 Å². The zero-order valence-electron chi connectivity index (χ0n) is 17.6. The lowest BCUT2D eigenvalue weighted by Crippen LogP contribution is -2.52. The maximum Gasteiger partial charge on any atom is 0.225 e. The molecule has 0 unspecified atom stereocenters. The first-order chi connectivity index (χ1) is 13.5. The van der Waals surface area contributed by atoms with E-state index >= 15 is 0 Å². The highest BCUT2D eigenvalue weighted by molar-refractivity contribution is 14.0. The number of para-hydroxylation sites is 1. The SMILES string of the molecule is CN=C(NCc1ccccc1OC(C)(C)C)N1CCN(c2ncccn2)CC1.I. The molecule has 0 amide bonds. The molecule has 3 rings (SSSR count). The first-order valence-corrected chi connectivity index (χ1v) is 9.71. The minimum Gasteiger partial charge on any atom is -0.488 e. The number of piperazine rings is 1. The molecule has 2 heterocycles. The van der Waals surface area contributed by atoms with E-state index in [4.69, 9.17) is 4.74 Å². The second kappa shape index (κ2) is 10.6. The summed E-state index contributed by atoms with van der Waals surface area (Å²) in [4.78, 5) is 17.6. The number of nitrogens with zero attached hydrogens (tertiary/aromatic N) is 5. The topological polar surface area (TPSA) is 65.9 Å². The Balaban J connectivity index is 0.00000300. The Hall–Kier alpha value is -2.10. The molecule has 1 aromatic heterocycles. The van der Waals surface area contributed by atoms with Crippen molar-refractivity contribution in [2.45, 2.75) is 32.9 Å². The smallest absolute Gasteiger partial charge is 0.225 e. The van der Waals surface area contributed by atoms with Gasteiger partial charge in [-0.15, -0.1) is 24.0 Å². The van der Waals surface area contributed by atoms with Crippen molar-refractivity contribution in [3.63, 3.8) is 0 Å². The van der Waals surface area contributed by atoms with Crippen molar-refractivity contribution in [1.82, 2.24) is 20.2 Å². The molecule has 0 radical (unpaired) electrons. The number of nitrogens with one attached hydrogen (secondary N) is 1. The predicted octanol–water partition coefficient (Wildman–Crippen LogP) is 3.17. The van der Waals surface area contributed by atoms with Gasteiger partial charge in [-0.25, -0.2) is 9.97 Å². The van der Waals surface area contributed by atoms with Crippen LogP contribution in [0.3, 0.4) is 0 Å². The fraction of sp³-hybridized carbons (Fsp3) is 0.476. The van der Waals surface area contributed by atoms with Gasteiger partial charge in [0.25, 0.3) is 0 Å². The highest BCUT2D eigenvalue weighted by Gasteiger charge is 2.21. The largest absolute Gasteiger partial charge is 0.488 e. The molecule has 8 heteroatoms. The zero-order chi connectivity index (χ0) is 20.0. The van der Waals surface area contributed by atoms with Gasteiger partial charge in [0.05, 0.1) is 0 Å². The van der Waals surface area contributed by atoms with Crippen molar-refractivity contribution in [3.05, 3.63) is 48.3 Å². The zero-order valence-corrected chi connectivity index (χ0v) is 20.0. The van der Waals surface area contributed by atoms with Gasteiger partial charge in [-0.05, 0) is 32.9 Å². The van der Waals surface area contributed by atoms with E-state index in [1.54, 1.807) is 12.4 Å². The van der Waals surface area contributed by atoms with E-state index in [0.29, 0.717) is 6.54 Å². The van der Waals surface area contributed by atoms with E-state index in [1.807, 2.05) is 31.3 Å². The second-order valence-corrected chi connectivity index (χ2v) is 7.75. The molecule has 0 spiro atoms. The summed E-state index contributed by atoms with van der Waals surface area (Å²) in [5.41, 5.74) is 0.892. The van der Waals surface area contributed by atoms with Crippen LogP contribution in [0.5, 0.6) is 5.75 Å². The maximum atomic E-state index is 6.09. The van der Waals surface area contributed by atoms with Gasteiger partial charge in [0.15, 0.2) is 5.96 Å². The molecule has 1 fully saturated rings. The second-order valence-electron chi connectivity index (χ2n) is 7.75. The number of hydrogen-bond acceptors (Lipinski definition) is 5. The van der Waals surface area contributed by atoms with Gasteiger partial charge in [0, 0.05) is 57.7 Å². The van der Waals surface area contributed by atoms with E-state index in [2.05, 4.69) is 56.9 Å². The molecule has 1 saturated heterocycles. The molecule has 0 saturated carbocycles. The number of rotatable bonds is 4. The Bertz CT molecular complexity index is 785. The Kier molecular flexibility index (Phi) is 8.48. The fourth-order valence-corrected chi connectivity index (χ4v) is 3.16. The monoisotopic (exact) mass is 510 g/mol. The summed E-state index contributed by atoms with van der Waals surface area (Å²) in [6.45, 7) is 10.3. The molecule has 1 aliphatic heterocycles. The van der Waals surface area contributed by atoms with Gasteiger partial charge in [0.2, 0.25) is 5.95 Å². The quantitative estimate of drug-likeness (QED) is 0.388. The number of guanidine groups is 1. The van der Waals surface area contributed by atoms with Crippen LogP contribution in [-0.4, -0.2) is 59.7 Å². The van der Waals surface area contributed by atoms with E-state index in [-0.39, 0.29) is 29.6 Å². The summed E-state index contributed by atoms with van der Waals surface area (Å²) in [5, 5.41) is 3.48. The van der Waals surface area contributed by atoms with Gasteiger partial charge < -0.3 is 19.9 Å². The van der Waals surface area contributed by atoms with Crippen LogP contribution >= 0.6 is 24.0 Å². The summed E-state index contributed by atoms with van der Waals surface area (Å²) < 4.78 is 6.09. The Morgan fingerprint density at radius 2 is 1.72 bits per heavy atom. The molecule has 0 bridgehead atoms. The van der Waals surface area contributed by atoms with Crippen LogP contribution in [0, 0.1) is 0 Å². The number of ether oxygens (including phenoxy) is 1. The lowest BCUT2D eigenvalue weighted by atomic mass is 10.1. The van der Waals surface area contributed by atoms with Gasteiger partial charge in [-0.1, -0.05) is 18.2 Å². The molecular weight excluding hydrogens is 479 g/mol. The Morgan fingerprint density at radius 3 is 2.34 bits per heavy atom. The standard InChI is InChI=1S/C21H30N6O.HI/c1-21(2,3)28-18-9-6-5-8-17(18)16-25-19(22-4)26-12-14-27(15-13-26)20-23-10-7-11-24-20;/h5-11H,12-16H2,1-4H3,(H,22,25);1H. The van der Waals surface area contributed by atoms with Crippen LogP contribution < -0.4 is 15.0 Å². The van der Waals surface area contributed by atoms with Crippen LogP contribution in [-0.2, 0) is 6.54 Å². The van der Waals surface area contributed by atoms with Crippen molar-refractivity contribution in [2.75, 3.05) is 38.1 Å². The van der Waals surface area contributed by atoms with Gasteiger partial charge >= 0.3 is 0 Å². The fourth-order valence-electron chi connectivity index (χ4n) is 3.16. The number of anilines is 1. The molecule has 7 nitrogen and oxygen atoms in total. The lowest BCUT2D eigenvalue weighted by Gasteiger charge is -2.36. The first kappa shape index (κ1) is 23.2. The molecule has 1 N–H and O–H groups in total. The van der Waals surface area contributed by atoms with Crippen molar-refractivity contribution in [1.29, 1.82) is 0 Å². The number of aromatic nitrogens is 2. The minimum absolute atomic E-state index is 0. The first-order valence-electron chi connectivity index (χ1n) is 9.71.